The average molecular weight is 175 g/mol. The molecule has 0 aliphatic heterocycles. The Morgan fingerprint density at radius 1 is 1.45 bits per heavy atom. The number of hydrogen-bond acceptors (Lipinski definition) is 0. The minimum atomic E-state index is -0.0641. The van der Waals surface area contributed by atoms with Crippen LogP contribution in [0.1, 0.15) is 41.0 Å². The zero-order chi connectivity index (χ0) is 9.07. The van der Waals surface area contributed by atoms with Gasteiger partial charge in [-0.15, -0.1) is 11.6 Å². The van der Waals surface area contributed by atoms with Crippen molar-refractivity contribution in [1.29, 1.82) is 0 Å². The summed E-state index contributed by atoms with van der Waals surface area (Å²) in [7, 11) is 0. The maximum absolute atomic E-state index is 6.08. The summed E-state index contributed by atoms with van der Waals surface area (Å²) in [5.74, 6) is 0.590. The third-order valence-corrected chi connectivity index (χ3v) is 1.58. The van der Waals surface area contributed by atoms with Crippen LogP contribution in [0.4, 0.5) is 0 Å². The van der Waals surface area contributed by atoms with Crippen molar-refractivity contribution in [1.82, 2.24) is 0 Å². The van der Waals surface area contributed by atoms with Crippen molar-refractivity contribution in [2.45, 2.75) is 45.9 Å². The third kappa shape index (κ3) is 7.93. The van der Waals surface area contributed by atoms with Crippen LogP contribution in [0.25, 0.3) is 0 Å². The Hall–Kier alpha value is 0.0300. The molecule has 66 valence electrons. The fourth-order valence-corrected chi connectivity index (χ4v) is 1.64. The molecule has 0 nitrogen and oxygen atoms in total. The highest BCUT2D eigenvalue weighted by molar-refractivity contribution is 6.23. The van der Waals surface area contributed by atoms with Crippen molar-refractivity contribution in [2.24, 2.45) is 5.92 Å². The number of alkyl halides is 1. The van der Waals surface area contributed by atoms with Crippen LogP contribution in [-0.2, 0) is 0 Å². The normalized spacial score (nSPS) is 14.4. The van der Waals surface area contributed by atoms with Crippen LogP contribution in [0.3, 0.4) is 0 Å². The Morgan fingerprint density at radius 2 is 1.91 bits per heavy atom. The molecule has 0 bridgehead atoms. The molecule has 0 radical (unpaired) electrons. The minimum absolute atomic E-state index is 0.0641. The molecule has 0 saturated heterocycles. The van der Waals surface area contributed by atoms with Gasteiger partial charge in [-0.2, -0.15) is 0 Å². The van der Waals surface area contributed by atoms with Crippen LogP contribution in [-0.4, -0.2) is 4.87 Å². The second-order valence-electron chi connectivity index (χ2n) is 4.14. The Morgan fingerprint density at radius 3 is 2.18 bits per heavy atom. The van der Waals surface area contributed by atoms with Gasteiger partial charge in [0, 0.05) is 4.87 Å². The van der Waals surface area contributed by atoms with Crippen molar-refractivity contribution in [3.8, 4) is 0 Å². The van der Waals surface area contributed by atoms with Crippen molar-refractivity contribution in [3.05, 3.63) is 11.6 Å². The van der Waals surface area contributed by atoms with Gasteiger partial charge in [-0.3, -0.25) is 0 Å². The quantitative estimate of drug-likeness (QED) is 0.448. The monoisotopic (exact) mass is 174 g/mol. The summed E-state index contributed by atoms with van der Waals surface area (Å²) in [6.07, 6.45) is 3.31. The van der Waals surface area contributed by atoms with Crippen LogP contribution in [0, 0.1) is 5.92 Å². The van der Waals surface area contributed by atoms with Crippen LogP contribution in [0.15, 0.2) is 11.6 Å². The highest BCUT2D eigenvalue weighted by atomic mass is 35.5. The largest absolute Gasteiger partial charge is 0.120 e. The lowest BCUT2D eigenvalue weighted by Gasteiger charge is -2.18. The average Bonchev–Trinajstić information content (AvgIpc) is 1.53. The first-order chi connectivity index (χ1) is 4.81. The topological polar surface area (TPSA) is 0 Å². The molecule has 0 aliphatic rings. The fraction of sp³-hybridized carbons (Fsp3) is 0.800. The van der Waals surface area contributed by atoms with E-state index in [0.29, 0.717) is 5.92 Å². The molecule has 0 aliphatic carbocycles. The standard InChI is InChI=1S/C10H19Cl/c1-8(2)6-9(3)7-10(4,5)11/h6,9H,7H2,1-5H3. The van der Waals surface area contributed by atoms with Gasteiger partial charge < -0.3 is 0 Å². The van der Waals surface area contributed by atoms with Gasteiger partial charge in [-0.1, -0.05) is 18.6 Å². The van der Waals surface area contributed by atoms with Gasteiger partial charge in [-0.25, -0.2) is 0 Å². The van der Waals surface area contributed by atoms with Gasteiger partial charge in [0.05, 0.1) is 0 Å². The van der Waals surface area contributed by atoms with E-state index >= 15 is 0 Å². The number of allylic oxidation sites excluding steroid dienone is 2. The lowest BCUT2D eigenvalue weighted by atomic mass is 9.96. The summed E-state index contributed by atoms with van der Waals surface area (Å²) in [5, 5.41) is 0. The van der Waals surface area contributed by atoms with Crippen LogP contribution in [0.5, 0.6) is 0 Å². The van der Waals surface area contributed by atoms with Gasteiger partial charge in [0.15, 0.2) is 0 Å². The summed E-state index contributed by atoms with van der Waals surface area (Å²) in [6, 6.07) is 0. The van der Waals surface area contributed by atoms with Gasteiger partial charge in [0.1, 0.15) is 0 Å². The predicted octanol–water partition coefficient (Wildman–Crippen LogP) is 4.00. The van der Waals surface area contributed by atoms with E-state index in [1.807, 2.05) is 0 Å². The lowest BCUT2D eigenvalue weighted by Crippen LogP contribution is -2.13. The van der Waals surface area contributed by atoms with E-state index in [1.165, 1.54) is 5.57 Å². The highest BCUT2D eigenvalue weighted by Gasteiger charge is 2.15. The molecule has 0 aromatic heterocycles. The Labute approximate surface area is 75.6 Å². The summed E-state index contributed by atoms with van der Waals surface area (Å²) >= 11 is 6.08. The molecular weight excluding hydrogens is 156 g/mol. The molecule has 11 heavy (non-hydrogen) atoms. The van der Waals surface area contributed by atoms with Gasteiger partial charge in [0.2, 0.25) is 0 Å². The summed E-state index contributed by atoms with van der Waals surface area (Å²) in [5.41, 5.74) is 1.37. The molecule has 1 atom stereocenters. The van der Waals surface area contributed by atoms with Crippen molar-refractivity contribution in [3.63, 3.8) is 0 Å². The zero-order valence-corrected chi connectivity index (χ0v) is 9.00. The summed E-state index contributed by atoms with van der Waals surface area (Å²) < 4.78 is 0. The van der Waals surface area contributed by atoms with Gasteiger partial charge >= 0.3 is 0 Å². The molecular formula is C10H19Cl. The van der Waals surface area contributed by atoms with Crippen LogP contribution >= 0.6 is 11.6 Å². The van der Waals surface area contributed by atoms with Gasteiger partial charge in [0.25, 0.3) is 0 Å². The van der Waals surface area contributed by atoms with Crippen molar-refractivity contribution in [2.75, 3.05) is 0 Å². The van der Waals surface area contributed by atoms with E-state index < -0.39 is 0 Å². The molecule has 0 fully saturated rings. The maximum Gasteiger partial charge on any atom is 0.0396 e. The van der Waals surface area contributed by atoms with Crippen LogP contribution in [0.2, 0.25) is 0 Å². The van der Waals surface area contributed by atoms with E-state index in [4.69, 9.17) is 11.6 Å². The Bertz CT molecular complexity index is 135. The SMILES string of the molecule is CC(C)=CC(C)CC(C)(C)Cl. The fourth-order valence-electron chi connectivity index (χ4n) is 1.39. The molecule has 0 aromatic carbocycles. The molecule has 1 unspecified atom stereocenters. The molecule has 0 amide bonds. The molecule has 0 heterocycles. The van der Waals surface area contributed by atoms with Gasteiger partial charge in [-0.05, 0) is 40.0 Å². The smallest absolute Gasteiger partial charge is 0.0396 e. The predicted molar refractivity (Wildman–Crippen MR) is 53.1 cm³/mol. The van der Waals surface area contributed by atoms with E-state index in [2.05, 4.69) is 40.7 Å². The zero-order valence-electron chi connectivity index (χ0n) is 8.24. The number of rotatable bonds is 3. The molecule has 0 rings (SSSR count). The van der Waals surface area contributed by atoms with E-state index in [1.54, 1.807) is 0 Å². The second-order valence-corrected chi connectivity index (χ2v) is 5.17. The van der Waals surface area contributed by atoms with E-state index in [-0.39, 0.29) is 4.87 Å². The first kappa shape index (κ1) is 11.0. The first-order valence-electron chi connectivity index (χ1n) is 4.15. The van der Waals surface area contributed by atoms with Crippen molar-refractivity contribution < 1.29 is 0 Å². The highest BCUT2D eigenvalue weighted by Crippen LogP contribution is 2.24. The summed E-state index contributed by atoms with van der Waals surface area (Å²) in [4.78, 5) is -0.0641. The lowest BCUT2D eigenvalue weighted by molar-refractivity contribution is 0.532. The second kappa shape index (κ2) is 4.15. The summed E-state index contributed by atoms with van der Waals surface area (Å²) in [6.45, 7) is 10.6. The molecule has 1 heteroatoms. The Balaban J connectivity index is 3.89. The molecule has 0 N–H and O–H groups in total. The van der Waals surface area contributed by atoms with E-state index in [0.717, 1.165) is 6.42 Å². The first-order valence-corrected chi connectivity index (χ1v) is 4.53. The molecule has 0 aromatic rings. The Kier molecular flexibility index (Phi) is 4.17. The minimum Gasteiger partial charge on any atom is -0.120 e. The molecule has 0 spiro atoms. The van der Waals surface area contributed by atoms with Crippen molar-refractivity contribution >= 4 is 11.6 Å². The third-order valence-electron chi connectivity index (χ3n) is 1.43. The number of halogens is 1. The molecule has 0 saturated carbocycles. The maximum atomic E-state index is 6.08. The van der Waals surface area contributed by atoms with E-state index in [9.17, 15) is 0 Å². The number of hydrogen-bond donors (Lipinski definition) is 0. The van der Waals surface area contributed by atoms with Crippen LogP contribution < -0.4 is 0 Å².